The number of hydrogen-bond acceptors (Lipinski definition) is 2. The van der Waals surface area contributed by atoms with Crippen molar-refractivity contribution in [1.82, 2.24) is 0 Å². The first-order valence-electron chi connectivity index (χ1n) is 10.2. The molecule has 0 aromatic heterocycles. The zero-order valence-electron chi connectivity index (χ0n) is 15.0. The molecule has 1 N–H and O–H groups in total. The molecular weight excluding hydrogens is 320 g/mol. The maximum Gasteiger partial charge on any atom is 0.178 e. The third kappa shape index (κ3) is 4.18. The van der Waals surface area contributed by atoms with Crippen molar-refractivity contribution in [2.24, 2.45) is 17.3 Å². The van der Waals surface area contributed by atoms with E-state index in [1.54, 1.807) is 0 Å². The molecule has 3 aliphatic carbocycles. The molecule has 0 bridgehead atoms. The van der Waals surface area contributed by atoms with Crippen LogP contribution in [0.4, 0.5) is 0 Å². The largest absolute Gasteiger partial charge is 0.511 e. The van der Waals surface area contributed by atoms with Gasteiger partial charge in [-0.3, -0.25) is 4.79 Å². The SMILES string of the molecule is O=C1CC(CCCCC2CCCCC2)(C2CCCC2)CC(O)=C1Cl. The Morgan fingerprint density at radius 3 is 2.29 bits per heavy atom. The minimum Gasteiger partial charge on any atom is -0.511 e. The third-order valence-corrected chi connectivity index (χ3v) is 7.44. The van der Waals surface area contributed by atoms with E-state index < -0.39 is 0 Å². The molecule has 0 amide bonds. The van der Waals surface area contributed by atoms with Crippen molar-refractivity contribution in [2.75, 3.05) is 0 Å². The molecule has 2 nitrogen and oxygen atoms in total. The van der Waals surface area contributed by atoms with Crippen LogP contribution in [-0.4, -0.2) is 10.9 Å². The molecule has 1 unspecified atom stereocenters. The van der Waals surface area contributed by atoms with Crippen molar-refractivity contribution in [3.63, 3.8) is 0 Å². The second-order valence-electron chi connectivity index (χ2n) is 8.63. The van der Waals surface area contributed by atoms with E-state index in [2.05, 4.69) is 0 Å². The van der Waals surface area contributed by atoms with Crippen LogP contribution < -0.4 is 0 Å². The predicted octanol–water partition coefficient (Wildman–Crippen LogP) is 6.68. The maximum atomic E-state index is 12.3. The van der Waals surface area contributed by atoms with Crippen LogP contribution in [0.2, 0.25) is 0 Å². The molecule has 3 heteroatoms. The second kappa shape index (κ2) is 8.25. The number of Topliss-reactive ketones (excluding diaryl/α,β-unsaturated/α-hetero) is 1. The highest BCUT2D eigenvalue weighted by Crippen LogP contribution is 2.52. The molecule has 3 aliphatic rings. The summed E-state index contributed by atoms with van der Waals surface area (Å²) in [5.74, 6) is 1.67. The summed E-state index contributed by atoms with van der Waals surface area (Å²) in [4.78, 5) is 12.3. The van der Waals surface area contributed by atoms with Gasteiger partial charge in [0.15, 0.2) is 5.78 Å². The highest BCUT2D eigenvalue weighted by molar-refractivity contribution is 6.43. The Morgan fingerprint density at radius 1 is 0.958 bits per heavy atom. The van der Waals surface area contributed by atoms with Gasteiger partial charge < -0.3 is 5.11 Å². The summed E-state index contributed by atoms with van der Waals surface area (Å²) in [5.41, 5.74) is -0.0113. The van der Waals surface area contributed by atoms with Crippen LogP contribution in [0.5, 0.6) is 0 Å². The highest BCUT2D eigenvalue weighted by Gasteiger charge is 2.45. The molecule has 2 fully saturated rings. The average molecular weight is 353 g/mol. The van der Waals surface area contributed by atoms with Crippen LogP contribution >= 0.6 is 11.6 Å². The van der Waals surface area contributed by atoms with Crippen molar-refractivity contribution in [2.45, 2.75) is 96.3 Å². The Kier molecular flexibility index (Phi) is 6.29. The number of ketones is 1. The van der Waals surface area contributed by atoms with Crippen molar-refractivity contribution < 1.29 is 9.90 Å². The van der Waals surface area contributed by atoms with Crippen molar-refractivity contribution in [1.29, 1.82) is 0 Å². The first kappa shape index (κ1) is 18.3. The summed E-state index contributed by atoms with van der Waals surface area (Å²) in [5, 5.41) is 10.3. The van der Waals surface area contributed by atoms with Gasteiger partial charge >= 0.3 is 0 Å². The van der Waals surface area contributed by atoms with Crippen LogP contribution in [0.1, 0.15) is 96.3 Å². The number of carbonyl (C=O) groups is 1. The summed E-state index contributed by atoms with van der Waals surface area (Å²) in [7, 11) is 0. The Morgan fingerprint density at radius 2 is 1.62 bits per heavy atom. The van der Waals surface area contributed by atoms with Gasteiger partial charge in [0.25, 0.3) is 0 Å². The van der Waals surface area contributed by atoms with Crippen LogP contribution in [0, 0.1) is 17.3 Å². The standard InChI is InChI=1S/C21H33ClO2/c22-20-18(23)14-21(15-19(20)24,17-11-4-5-12-17)13-7-6-10-16-8-2-1-3-9-16/h16-17,23H,1-15H2. The van der Waals surface area contributed by atoms with Crippen LogP contribution in [0.15, 0.2) is 10.8 Å². The lowest BCUT2D eigenvalue weighted by Crippen LogP contribution is -2.36. The van der Waals surface area contributed by atoms with Crippen LogP contribution in [0.3, 0.4) is 0 Å². The summed E-state index contributed by atoms with van der Waals surface area (Å²) in [6.07, 6.45) is 18.2. The van der Waals surface area contributed by atoms with Crippen molar-refractivity contribution in [3.05, 3.63) is 10.8 Å². The molecule has 0 heterocycles. The summed E-state index contributed by atoms with van der Waals surface area (Å²) >= 11 is 5.99. The summed E-state index contributed by atoms with van der Waals surface area (Å²) < 4.78 is 0. The van der Waals surface area contributed by atoms with E-state index in [0.29, 0.717) is 18.8 Å². The van der Waals surface area contributed by atoms with Crippen molar-refractivity contribution >= 4 is 17.4 Å². The zero-order chi connectivity index (χ0) is 17.0. The van der Waals surface area contributed by atoms with Gasteiger partial charge in [-0.15, -0.1) is 0 Å². The molecule has 3 rings (SSSR count). The van der Waals surface area contributed by atoms with E-state index >= 15 is 0 Å². The summed E-state index contributed by atoms with van der Waals surface area (Å²) in [6.45, 7) is 0. The number of allylic oxidation sites excluding steroid dienone is 2. The molecule has 136 valence electrons. The Balaban J connectivity index is 1.58. The number of carbonyl (C=O) groups excluding carboxylic acids is 1. The van der Waals surface area contributed by atoms with Gasteiger partial charge in [0.2, 0.25) is 0 Å². The van der Waals surface area contributed by atoms with Gasteiger partial charge in [-0.25, -0.2) is 0 Å². The molecule has 0 aromatic carbocycles. The number of unbranched alkanes of at least 4 members (excludes halogenated alkanes) is 1. The first-order chi connectivity index (χ1) is 11.6. The first-order valence-corrected chi connectivity index (χ1v) is 10.6. The van der Waals surface area contributed by atoms with E-state index in [1.165, 1.54) is 77.0 Å². The Labute approximate surface area is 152 Å². The molecule has 24 heavy (non-hydrogen) atoms. The van der Waals surface area contributed by atoms with E-state index in [-0.39, 0.29) is 22.0 Å². The lowest BCUT2D eigenvalue weighted by molar-refractivity contribution is -0.119. The van der Waals surface area contributed by atoms with Crippen molar-refractivity contribution in [3.8, 4) is 0 Å². The van der Waals surface area contributed by atoms with E-state index in [4.69, 9.17) is 11.6 Å². The molecular formula is C21H33ClO2. The second-order valence-corrected chi connectivity index (χ2v) is 9.01. The quantitative estimate of drug-likeness (QED) is 0.541. The van der Waals surface area contributed by atoms with E-state index in [9.17, 15) is 9.90 Å². The minimum absolute atomic E-state index is 0.0113. The van der Waals surface area contributed by atoms with Gasteiger partial charge in [-0.1, -0.05) is 75.8 Å². The minimum atomic E-state index is -0.0282. The number of aliphatic hydroxyl groups excluding tert-OH is 1. The van der Waals surface area contributed by atoms with Gasteiger partial charge in [0.05, 0.1) is 0 Å². The van der Waals surface area contributed by atoms with Crippen LogP contribution in [0.25, 0.3) is 0 Å². The fourth-order valence-corrected chi connectivity index (χ4v) is 5.76. The Hall–Kier alpha value is -0.500. The molecule has 0 radical (unpaired) electrons. The maximum absolute atomic E-state index is 12.3. The summed E-state index contributed by atoms with van der Waals surface area (Å²) in [6, 6.07) is 0. The van der Waals surface area contributed by atoms with E-state index in [1.807, 2.05) is 0 Å². The lowest BCUT2D eigenvalue weighted by atomic mass is 9.63. The monoisotopic (exact) mass is 352 g/mol. The van der Waals surface area contributed by atoms with Gasteiger partial charge in [0.1, 0.15) is 10.8 Å². The third-order valence-electron chi connectivity index (χ3n) is 7.01. The lowest BCUT2D eigenvalue weighted by Gasteiger charge is -2.41. The van der Waals surface area contributed by atoms with Gasteiger partial charge in [0, 0.05) is 12.8 Å². The Bertz CT molecular complexity index is 472. The zero-order valence-corrected chi connectivity index (χ0v) is 15.8. The molecule has 0 saturated heterocycles. The predicted molar refractivity (Wildman–Crippen MR) is 99.2 cm³/mol. The number of hydrogen-bond donors (Lipinski definition) is 1. The normalized spacial score (nSPS) is 30.3. The number of halogens is 1. The molecule has 1 atom stereocenters. The van der Waals surface area contributed by atoms with E-state index in [0.717, 1.165) is 12.3 Å². The molecule has 0 aliphatic heterocycles. The average Bonchev–Trinajstić information content (AvgIpc) is 3.13. The smallest absolute Gasteiger partial charge is 0.178 e. The van der Waals surface area contributed by atoms with Gasteiger partial charge in [-0.05, 0) is 36.5 Å². The fraction of sp³-hybridized carbons (Fsp3) is 0.857. The molecule has 0 aromatic rings. The number of aliphatic hydroxyl groups is 1. The number of rotatable bonds is 6. The topological polar surface area (TPSA) is 37.3 Å². The molecule has 0 spiro atoms. The van der Waals surface area contributed by atoms with Gasteiger partial charge in [-0.2, -0.15) is 0 Å². The highest BCUT2D eigenvalue weighted by atomic mass is 35.5. The van der Waals surface area contributed by atoms with Crippen LogP contribution in [-0.2, 0) is 4.79 Å². The fourth-order valence-electron chi connectivity index (χ4n) is 5.63. The molecule has 2 saturated carbocycles.